The summed E-state index contributed by atoms with van der Waals surface area (Å²) in [5.74, 6) is 1.40. The van der Waals surface area contributed by atoms with Crippen LogP contribution in [0.3, 0.4) is 0 Å². The Morgan fingerprint density at radius 1 is 1.00 bits per heavy atom. The van der Waals surface area contributed by atoms with Crippen LogP contribution in [0.1, 0.15) is 25.0 Å². The molecule has 0 radical (unpaired) electrons. The second-order valence-corrected chi connectivity index (χ2v) is 6.28. The minimum Gasteiger partial charge on any atom is -0.490 e. The lowest BCUT2D eigenvalue weighted by atomic mass is 10.1. The van der Waals surface area contributed by atoms with Crippen LogP contribution in [0, 0.1) is 0 Å². The molecule has 0 saturated carbocycles. The third-order valence-corrected chi connectivity index (χ3v) is 4.08. The SMILES string of the molecule is CCOc1ccc(Cn2cc(NC(=O)Cc3ccccc3)cn2)cc1OCC. The van der Waals surface area contributed by atoms with E-state index < -0.39 is 0 Å². The molecule has 1 N–H and O–H groups in total. The number of ether oxygens (including phenoxy) is 2. The zero-order valence-corrected chi connectivity index (χ0v) is 16.2. The molecule has 0 fully saturated rings. The van der Waals surface area contributed by atoms with Gasteiger partial charge in [0.1, 0.15) is 0 Å². The van der Waals surface area contributed by atoms with E-state index in [9.17, 15) is 4.79 Å². The first-order valence-corrected chi connectivity index (χ1v) is 9.42. The Hall–Kier alpha value is -3.28. The maximum atomic E-state index is 12.2. The molecule has 3 rings (SSSR count). The molecule has 3 aromatic rings. The molecule has 2 aromatic carbocycles. The maximum absolute atomic E-state index is 12.2. The Balaban J connectivity index is 1.62. The largest absolute Gasteiger partial charge is 0.490 e. The van der Waals surface area contributed by atoms with Crippen molar-refractivity contribution < 1.29 is 14.3 Å². The quantitative estimate of drug-likeness (QED) is 0.612. The van der Waals surface area contributed by atoms with Crippen molar-refractivity contribution in [3.8, 4) is 11.5 Å². The van der Waals surface area contributed by atoms with E-state index in [1.165, 1.54) is 0 Å². The van der Waals surface area contributed by atoms with Crippen LogP contribution in [-0.2, 0) is 17.8 Å². The molecule has 1 heterocycles. The van der Waals surface area contributed by atoms with E-state index in [0.717, 1.165) is 22.6 Å². The average Bonchev–Trinajstić information content (AvgIpc) is 3.11. The van der Waals surface area contributed by atoms with Gasteiger partial charge in [0.05, 0.1) is 38.1 Å². The molecule has 6 nitrogen and oxygen atoms in total. The molecule has 0 aliphatic rings. The van der Waals surface area contributed by atoms with Gasteiger partial charge in [-0.05, 0) is 37.1 Å². The van der Waals surface area contributed by atoms with Crippen LogP contribution in [0.15, 0.2) is 60.9 Å². The summed E-state index contributed by atoms with van der Waals surface area (Å²) in [6.07, 6.45) is 3.81. The summed E-state index contributed by atoms with van der Waals surface area (Å²) in [6.45, 7) is 5.62. The van der Waals surface area contributed by atoms with Crippen molar-refractivity contribution in [2.45, 2.75) is 26.8 Å². The zero-order chi connectivity index (χ0) is 19.8. The molecule has 0 bridgehead atoms. The topological polar surface area (TPSA) is 65.4 Å². The number of rotatable bonds is 9. The highest BCUT2D eigenvalue weighted by atomic mass is 16.5. The Morgan fingerprint density at radius 2 is 1.75 bits per heavy atom. The van der Waals surface area contributed by atoms with E-state index in [1.54, 1.807) is 10.9 Å². The standard InChI is InChI=1S/C22H25N3O3/c1-3-27-20-11-10-18(12-21(20)28-4-2)15-25-16-19(14-23-25)24-22(26)13-17-8-6-5-7-9-17/h5-12,14,16H,3-4,13,15H2,1-2H3,(H,24,26). The second-order valence-electron chi connectivity index (χ2n) is 6.28. The van der Waals surface area contributed by atoms with E-state index in [4.69, 9.17) is 9.47 Å². The van der Waals surface area contributed by atoms with E-state index >= 15 is 0 Å². The Kier molecular flexibility index (Phi) is 6.68. The van der Waals surface area contributed by atoms with Gasteiger partial charge < -0.3 is 14.8 Å². The molecule has 1 amide bonds. The minimum absolute atomic E-state index is 0.0644. The van der Waals surface area contributed by atoms with Crippen molar-refractivity contribution in [1.82, 2.24) is 9.78 Å². The van der Waals surface area contributed by atoms with Gasteiger partial charge >= 0.3 is 0 Å². The predicted molar refractivity (Wildman–Crippen MR) is 109 cm³/mol. The smallest absolute Gasteiger partial charge is 0.228 e. The first kappa shape index (κ1) is 19.5. The summed E-state index contributed by atoms with van der Waals surface area (Å²) in [5, 5.41) is 7.22. The molecule has 1 aromatic heterocycles. The number of carbonyl (C=O) groups excluding carboxylic acids is 1. The lowest BCUT2D eigenvalue weighted by Gasteiger charge is -2.12. The van der Waals surface area contributed by atoms with Crippen LogP contribution in [0.2, 0.25) is 0 Å². The van der Waals surface area contributed by atoms with Gasteiger partial charge in [0.2, 0.25) is 5.91 Å². The molecule has 0 aliphatic heterocycles. The van der Waals surface area contributed by atoms with Crippen molar-refractivity contribution in [3.63, 3.8) is 0 Å². The highest BCUT2D eigenvalue weighted by molar-refractivity contribution is 5.91. The van der Waals surface area contributed by atoms with Gasteiger partial charge in [0.15, 0.2) is 11.5 Å². The summed E-state index contributed by atoms with van der Waals surface area (Å²) in [5.41, 5.74) is 2.69. The Morgan fingerprint density at radius 3 is 2.50 bits per heavy atom. The van der Waals surface area contributed by atoms with Crippen LogP contribution < -0.4 is 14.8 Å². The number of aromatic nitrogens is 2. The summed E-state index contributed by atoms with van der Waals surface area (Å²) >= 11 is 0. The molecule has 0 spiro atoms. The first-order chi connectivity index (χ1) is 13.7. The molecule has 28 heavy (non-hydrogen) atoms. The fourth-order valence-corrected chi connectivity index (χ4v) is 2.88. The van der Waals surface area contributed by atoms with E-state index in [-0.39, 0.29) is 5.91 Å². The number of hydrogen-bond donors (Lipinski definition) is 1. The van der Waals surface area contributed by atoms with Gasteiger partial charge in [-0.25, -0.2) is 0 Å². The monoisotopic (exact) mass is 379 g/mol. The Labute approximate surface area is 165 Å². The predicted octanol–water partition coefficient (Wildman–Crippen LogP) is 3.91. The van der Waals surface area contributed by atoms with Crippen molar-refractivity contribution in [3.05, 3.63) is 72.1 Å². The van der Waals surface area contributed by atoms with Crippen molar-refractivity contribution in [1.29, 1.82) is 0 Å². The van der Waals surface area contributed by atoms with Gasteiger partial charge in [0, 0.05) is 6.20 Å². The molecule has 0 aliphatic carbocycles. The highest BCUT2D eigenvalue weighted by Crippen LogP contribution is 2.28. The molecular formula is C22H25N3O3. The second kappa shape index (κ2) is 9.60. The van der Waals surface area contributed by atoms with E-state index in [1.807, 2.05) is 68.6 Å². The van der Waals surface area contributed by atoms with Crippen molar-refractivity contribution >= 4 is 11.6 Å². The molecular weight excluding hydrogens is 354 g/mol. The van der Waals surface area contributed by atoms with Crippen LogP contribution >= 0.6 is 0 Å². The van der Waals surface area contributed by atoms with Gasteiger partial charge in [-0.3, -0.25) is 9.48 Å². The fourth-order valence-electron chi connectivity index (χ4n) is 2.88. The number of carbonyl (C=O) groups is 1. The highest BCUT2D eigenvalue weighted by Gasteiger charge is 2.09. The minimum atomic E-state index is -0.0644. The normalized spacial score (nSPS) is 10.5. The number of nitrogens with zero attached hydrogens (tertiary/aromatic N) is 2. The van der Waals surface area contributed by atoms with Gasteiger partial charge in [-0.1, -0.05) is 36.4 Å². The van der Waals surface area contributed by atoms with Crippen LogP contribution in [0.25, 0.3) is 0 Å². The van der Waals surface area contributed by atoms with Crippen molar-refractivity contribution in [2.75, 3.05) is 18.5 Å². The number of anilines is 1. The number of benzene rings is 2. The van der Waals surface area contributed by atoms with E-state index in [0.29, 0.717) is 31.9 Å². The third-order valence-electron chi connectivity index (χ3n) is 4.08. The third kappa shape index (κ3) is 5.36. The van der Waals surface area contributed by atoms with Gasteiger partial charge in [-0.15, -0.1) is 0 Å². The number of hydrogen-bond acceptors (Lipinski definition) is 4. The summed E-state index contributed by atoms with van der Waals surface area (Å²) in [7, 11) is 0. The fraction of sp³-hybridized carbons (Fsp3) is 0.273. The lowest BCUT2D eigenvalue weighted by Crippen LogP contribution is -2.13. The summed E-state index contributed by atoms with van der Waals surface area (Å²) in [6, 6.07) is 15.5. The summed E-state index contributed by atoms with van der Waals surface area (Å²) < 4.78 is 13.0. The molecule has 0 atom stereocenters. The molecule has 146 valence electrons. The van der Waals surface area contributed by atoms with Gasteiger partial charge in [-0.2, -0.15) is 5.10 Å². The van der Waals surface area contributed by atoms with Crippen LogP contribution in [0.4, 0.5) is 5.69 Å². The van der Waals surface area contributed by atoms with Crippen molar-refractivity contribution in [2.24, 2.45) is 0 Å². The van der Waals surface area contributed by atoms with Crippen LogP contribution in [0.5, 0.6) is 11.5 Å². The number of nitrogens with one attached hydrogen (secondary N) is 1. The van der Waals surface area contributed by atoms with Gasteiger partial charge in [0.25, 0.3) is 0 Å². The Bertz CT molecular complexity index is 906. The van der Waals surface area contributed by atoms with E-state index in [2.05, 4.69) is 10.4 Å². The average molecular weight is 379 g/mol. The number of amides is 1. The first-order valence-electron chi connectivity index (χ1n) is 9.42. The lowest BCUT2D eigenvalue weighted by molar-refractivity contribution is -0.115. The maximum Gasteiger partial charge on any atom is 0.228 e. The summed E-state index contributed by atoms with van der Waals surface area (Å²) in [4.78, 5) is 12.2. The van der Waals surface area contributed by atoms with Crippen LogP contribution in [-0.4, -0.2) is 28.9 Å². The molecule has 0 unspecified atom stereocenters. The molecule has 0 saturated heterocycles. The molecule has 6 heteroatoms. The zero-order valence-electron chi connectivity index (χ0n) is 16.2.